The molecule has 0 aliphatic carbocycles. The van der Waals surface area contributed by atoms with E-state index in [0.29, 0.717) is 18.8 Å². The van der Waals surface area contributed by atoms with E-state index in [1.165, 1.54) is 5.56 Å². The molecular formula is C18H20N3O3+. The molecule has 0 atom stereocenters. The first-order valence-electron chi connectivity index (χ1n) is 7.70. The summed E-state index contributed by atoms with van der Waals surface area (Å²) < 4.78 is 11.7. The number of nitrogens with zero attached hydrogens (tertiary/aromatic N) is 1. The molecule has 2 N–H and O–H groups in total. The van der Waals surface area contributed by atoms with Crippen LogP contribution in [0.5, 0.6) is 5.75 Å². The van der Waals surface area contributed by atoms with Crippen molar-refractivity contribution in [3.8, 4) is 11.4 Å². The number of benzene rings is 2. The summed E-state index contributed by atoms with van der Waals surface area (Å²) in [4.78, 5) is 11.9. The smallest absolute Gasteiger partial charge is 0.431 e. The zero-order valence-electron chi connectivity index (χ0n) is 13.7. The molecule has 0 radical (unpaired) electrons. The van der Waals surface area contributed by atoms with Crippen molar-refractivity contribution in [2.45, 2.75) is 20.0 Å². The minimum absolute atomic E-state index is 0.387. The van der Waals surface area contributed by atoms with Gasteiger partial charge in [-0.05, 0) is 34.6 Å². The molecule has 2 aromatic carbocycles. The van der Waals surface area contributed by atoms with Gasteiger partial charge in [0.05, 0.1) is 13.7 Å². The lowest BCUT2D eigenvalue weighted by Gasteiger charge is -2.02. The molecule has 1 heterocycles. The fraction of sp³-hybridized carbons (Fsp3) is 0.222. The van der Waals surface area contributed by atoms with Crippen LogP contribution in [0.25, 0.3) is 5.69 Å². The number of ether oxygens (including phenoxy) is 1. The van der Waals surface area contributed by atoms with E-state index in [9.17, 15) is 4.79 Å². The molecule has 3 rings (SSSR count). The van der Waals surface area contributed by atoms with Crippen LogP contribution in [-0.4, -0.2) is 12.4 Å². The van der Waals surface area contributed by atoms with Crippen LogP contribution in [0.1, 0.15) is 16.8 Å². The number of methoxy groups -OCH3 is 1. The molecule has 6 nitrogen and oxygen atoms in total. The van der Waals surface area contributed by atoms with Gasteiger partial charge in [0.15, 0.2) is 0 Å². The molecule has 0 unspecified atom stereocenters. The second-order valence-corrected chi connectivity index (χ2v) is 5.55. The summed E-state index contributed by atoms with van der Waals surface area (Å²) in [6, 6.07) is 15.6. The molecule has 24 heavy (non-hydrogen) atoms. The van der Waals surface area contributed by atoms with E-state index in [4.69, 9.17) is 9.26 Å². The molecule has 124 valence electrons. The van der Waals surface area contributed by atoms with Gasteiger partial charge in [0.25, 0.3) is 0 Å². The Balaban J connectivity index is 1.72. The highest BCUT2D eigenvalue weighted by Gasteiger charge is 2.22. The molecule has 0 aliphatic rings. The maximum atomic E-state index is 11.9. The second kappa shape index (κ2) is 7.14. The quantitative estimate of drug-likeness (QED) is 0.678. The van der Waals surface area contributed by atoms with Gasteiger partial charge in [0, 0.05) is 18.7 Å². The summed E-state index contributed by atoms with van der Waals surface area (Å²) in [5.74, 6) is 0.754. The highest BCUT2D eigenvalue weighted by molar-refractivity contribution is 5.31. The number of nitrogens with one attached hydrogen (secondary N) is 2. The Morgan fingerprint density at radius 1 is 1.08 bits per heavy atom. The summed E-state index contributed by atoms with van der Waals surface area (Å²) >= 11 is 0. The number of hydrogen-bond donors (Lipinski definition) is 2. The molecule has 3 aromatic rings. The zero-order valence-corrected chi connectivity index (χ0v) is 13.7. The first-order chi connectivity index (χ1) is 11.7. The highest BCUT2D eigenvalue weighted by Crippen LogP contribution is 2.11. The van der Waals surface area contributed by atoms with Crippen molar-refractivity contribution >= 4 is 0 Å². The van der Waals surface area contributed by atoms with Crippen molar-refractivity contribution in [3.63, 3.8) is 0 Å². The van der Waals surface area contributed by atoms with Crippen LogP contribution < -0.4 is 20.4 Å². The van der Waals surface area contributed by atoms with Gasteiger partial charge < -0.3 is 10.1 Å². The Bertz CT molecular complexity index is 848. The topological polar surface area (TPSA) is 71.1 Å². The van der Waals surface area contributed by atoms with E-state index in [2.05, 4.69) is 41.8 Å². The van der Waals surface area contributed by atoms with E-state index in [1.54, 1.807) is 11.8 Å². The van der Waals surface area contributed by atoms with Gasteiger partial charge in [-0.2, -0.15) is 0 Å². The number of aryl methyl sites for hydroxylation is 1. The third-order valence-corrected chi connectivity index (χ3v) is 3.81. The number of hydrogen-bond acceptors (Lipinski definition) is 4. The third kappa shape index (κ3) is 3.55. The third-order valence-electron chi connectivity index (χ3n) is 3.81. The fourth-order valence-electron chi connectivity index (χ4n) is 2.41. The predicted molar refractivity (Wildman–Crippen MR) is 89.1 cm³/mol. The Labute approximate surface area is 139 Å². The SMILES string of the molecule is COc1ccc(-[n+]2[nH]oc(=O)c2CNCc2ccc(C)cc2)cc1. The van der Waals surface area contributed by atoms with Gasteiger partial charge >= 0.3 is 11.3 Å². The van der Waals surface area contributed by atoms with E-state index in [1.807, 2.05) is 24.3 Å². The first-order valence-corrected chi connectivity index (χ1v) is 7.70. The van der Waals surface area contributed by atoms with E-state index in [0.717, 1.165) is 17.0 Å². The summed E-state index contributed by atoms with van der Waals surface area (Å²) in [6.45, 7) is 3.12. The summed E-state index contributed by atoms with van der Waals surface area (Å²) in [7, 11) is 1.61. The zero-order chi connectivity index (χ0) is 16.9. The Morgan fingerprint density at radius 2 is 1.79 bits per heavy atom. The Kier molecular flexibility index (Phi) is 4.77. The van der Waals surface area contributed by atoms with Gasteiger partial charge in [-0.1, -0.05) is 29.8 Å². The molecule has 0 spiro atoms. The Morgan fingerprint density at radius 3 is 2.46 bits per heavy atom. The second-order valence-electron chi connectivity index (χ2n) is 5.55. The van der Waals surface area contributed by atoms with Gasteiger partial charge in [-0.15, -0.1) is 0 Å². The molecule has 0 bridgehead atoms. The minimum atomic E-state index is -0.387. The van der Waals surface area contributed by atoms with Crippen LogP contribution in [-0.2, 0) is 13.1 Å². The van der Waals surface area contributed by atoms with Crippen molar-refractivity contribution in [2.24, 2.45) is 0 Å². The molecule has 0 amide bonds. The molecule has 0 saturated heterocycles. The number of H-pyrrole nitrogens is 1. The van der Waals surface area contributed by atoms with E-state index >= 15 is 0 Å². The van der Waals surface area contributed by atoms with Crippen LogP contribution >= 0.6 is 0 Å². The average molecular weight is 326 g/mol. The average Bonchev–Trinajstić information content (AvgIpc) is 2.98. The van der Waals surface area contributed by atoms with Crippen molar-refractivity contribution < 1.29 is 13.9 Å². The molecular weight excluding hydrogens is 306 g/mol. The standard InChI is InChI=1S/C18H19N3O3/c1-13-3-5-14(6-4-13)11-19-12-17-18(22)24-20-21(17)15-7-9-16(23-2)10-8-15/h3-10,19H,11-12H2,1-2H3/p+1. The maximum absolute atomic E-state index is 11.9. The van der Waals surface area contributed by atoms with Gasteiger partial charge in [-0.25, -0.2) is 4.79 Å². The lowest BCUT2D eigenvalue weighted by Crippen LogP contribution is -2.40. The van der Waals surface area contributed by atoms with Gasteiger partial charge in [0.1, 0.15) is 5.75 Å². The molecule has 0 fully saturated rings. The van der Waals surface area contributed by atoms with Crippen LogP contribution in [0.3, 0.4) is 0 Å². The van der Waals surface area contributed by atoms with Crippen LogP contribution in [0.2, 0.25) is 0 Å². The predicted octanol–water partition coefficient (Wildman–Crippen LogP) is 1.85. The summed E-state index contributed by atoms with van der Waals surface area (Å²) in [5, 5.41) is 5.90. The van der Waals surface area contributed by atoms with Crippen molar-refractivity contribution in [2.75, 3.05) is 7.11 Å². The lowest BCUT2D eigenvalue weighted by molar-refractivity contribution is -0.677. The van der Waals surface area contributed by atoms with Crippen molar-refractivity contribution in [3.05, 3.63) is 75.8 Å². The minimum Gasteiger partial charge on any atom is -0.497 e. The fourth-order valence-corrected chi connectivity index (χ4v) is 2.41. The molecule has 0 aliphatic heterocycles. The summed E-state index contributed by atoms with van der Waals surface area (Å²) in [6.07, 6.45) is 0. The van der Waals surface area contributed by atoms with Gasteiger partial charge in [-0.3, -0.25) is 4.52 Å². The molecule has 1 aromatic heterocycles. The number of aromatic amines is 1. The lowest BCUT2D eigenvalue weighted by atomic mass is 10.1. The monoisotopic (exact) mass is 326 g/mol. The van der Waals surface area contributed by atoms with Gasteiger partial charge in [0.2, 0.25) is 5.69 Å². The van der Waals surface area contributed by atoms with Crippen LogP contribution in [0.4, 0.5) is 0 Å². The normalized spacial score (nSPS) is 10.8. The van der Waals surface area contributed by atoms with Crippen LogP contribution in [0, 0.1) is 6.92 Å². The molecule has 6 heteroatoms. The van der Waals surface area contributed by atoms with Crippen molar-refractivity contribution in [1.82, 2.24) is 10.6 Å². The largest absolute Gasteiger partial charge is 0.497 e. The van der Waals surface area contributed by atoms with Crippen LogP contribution in [0.15, 0.2) is 57.8 Å². The first kappa shape index (κ1) is 16.0. The van der Waals surface area contributed by atoms with E-state index < -0.39 is 0 Å². The summed E-state index contributed by atoms with van der Waals surface area (Å²) in [5.41, 5.74) is 3.31. The molecule has 0 saturated carbocycles. The van der Waals surface area contributed by atoms with Crippen molar-refractivity contribution in [1.29, 1.82) is 0 Å². The number of rotatable bonds is 6. The maximum Gasteiger partial charge on any atom is 0.431 e. The number of aromatic nitrogens is 2. The Hall–Kier alpha value is -2.86. The highest BCUT2D eigenvalue weighted by atomic mass is 16.5. The van der Waals surface area contributed by atoms with E-state index in [-0.39, 0.29) is 5.63 Å².